The molecule has 0 saturated heterocycles. The van der Waals surface area contributed by atoms with Crippen LogP contribution in [-0.2, 0) is 0 Å². The molecule has 258 valence electrons. The van der Waals surface area contributed by atoms with Crippen LogP contribution in [0.1, 0.15) is 46.6 Å². The van der Waals surface area contributed by atoms with Gasteiger partial charge in [-0.3, -0.25) is 0 Å². The molecule has 3 nitrogen and oxygen atoms in total. The third kappa shape index (κ3) is 5.13. The van der Waals surface area contributed by atoms with Crippen molar-refractivity contribution in [1.29, 1.82) is 0 Å². The molecule has 0 N–H and O–H groups in total. The summed E-state index contributed by atoms with van der Waals surface area (Å²) in [4.78, 5) is 0.360. The summed E-state index contributed by atoms with van der Waals surface area (Å²) >= 11 is 0. The maximum absolute atomic E-state index is 10.1. The van der Waals surface area contributed by atoms with Crippen molar-refractivity contribution in [3.63, 3.8) is 0 Å². The predicted octanol–water partition coefficient (Wildman–Crippen LogP) is 14.6. The van der Waals surface area contributed by atoms with Gasteiger partial charge in [-0.05, 0) is 100.0 Å². The first-order valence-electron chi connectivity index (χ1n) is 33.0. The zero-order valence-electron chi connectivity index (χ0n) is 61.3. The highest BCUT2D eigenvalue weighted by atomic mass is 16.3. The number of hydrogen-bond acceptors (Lipinski definition) is 2. The summed E-state index contributed by atoms with van der Waals surface area (Å²) in [7, 11) is 0. The first-order chi connectivity index (χ1) is 41.4. The fourth-order valence-electron chi connectivity index (χ4n) is 6.16. The van der Waals surface area contributed by atoms with Crippen molar-refractivity contribution in [2.75, 3.05) is 4.90 Å². The molecule has 11 rings (SSSR count). The van der Waals surface area contributed by atoms with Gasteiger partial charge in [0.1, 0.15) is 11.2 Å². The lowest BCUT2D eigenvalue weighted by Crippen LogP contribution is -2.10. The summed E-state index contributed by atoms with van der Waals surface area (Å²) in [6.45, 7) is 0. The van der Waals surface area contributed by atoms with Crippen molar-refractivity contribution in [3.8, 4) is 27.9 Å². The van der Waals surface area contributed by atoms with Crippen LogP contribution in [-0.4, -0.2) is 4.57 Å². The van der Waals surface area contributed by atoms with Crippen LogP contribution in [0.25, 0.3) is 82.5 Å². The van der Waals surface area contributed by atoms with Gasteiger partial charge >= 0.3 is 0 Å². The minimum Gasteiger partial charge on any atom is -0.455 e. The maximum atomic E-state index is 10.1. The first-order valence-corrected chi connectivity index (χ1v) is 16.0. The van der Waals surface area contributed by atoms with Crippen LogP contribution < -0.4 is 4.90 Å². The second kappa shape index (κ2) is 12.6. The molecule has 0 aliphatic carbocycles. The van der Waals surface area contributed by atoms with Crippen LogP contribution in [0.2, 0.25) is 0 Å². The number of nitrogens with zero attached hydrogens (tertiary/aromatic N) is 2. The van der Waals surface area contributed by atoms with Crippen LogP contribution in [0, 0.1) is 0 Å². The van der Waals surface area contributed by atoms with Gasteiger partial charge in [-0.2, -0.15) is 0 Å². The molecule has 9 aromatic carbocycles. The Hall–Kier alpha value is -7.36. The molecule has 0 aliphatic heterocycles. The van der Waals surface area contributed by atoms with Gasteiger partial charge in [0.15, 0.2) is 0 Å². The van der Waals surface area contributed by atoms with E-state index < -0.39 is 305 Å². The van der Waals surface area contributed by atoms with Crippen molar-refractivity contribution in [3.05, 3.63) is 205 Å². The van der Waals surface area contributed by atoms with E-state index in [-0.39, 0.29) is 0 Å². The summed E-state index contributed by atoms with van der Waals surface area (Å²) in [5, 5.41) is -4.06. The van der Waals surface area contributed by atoms with Gasteiger partial charge in [-0.1, -0.05) is 133 Å². The molecule has 0 unspecified atom stereocenters. The monoisotopic (exact) mass is 736 g/mol. The Morgan fingerprint density at radius 1 is 0.436 bits per heavy atom. The van der Waals surface area contributed by atoms with Crippen LogP contribution in [0.5, 0.6) is 0 Å². The van der Waals surface area contributed by atoms with Crippen LogP contribution in [0.15, 0.2) is 210 Å². The van der Waals surface area contributed by atoms with Gasteiger partial charge in [-0.15, -0.1) is 0 Å². The van der Waals surface area contributed by atoms with E-state index in [4.69, 9.17) is 31.8 Å². The van der Waals surface area contributed by atoms with E-state index in [0.717, 1.165) is 0 Å². The third-order valence-electron chi connectivity index (χ3n) is 8.49. The van der Waals surface area contributed by atoms with E-state index in [1.54, 1.807) is 0 Å². The Labute approximate surface area is 366 Å². The lowest BCUT2D eigenvalue weighted by molar-refractivity contribution is 0.670. The van der Waals surface area contributed by atoms with Gasteiger partial charge < -0.3 is 13.9 Å². The fourth-order valence-corrected chi connectivity index (χ4v) is 6.16. The van der Waals surface area contributed by atoms with Crippen molar-refractivity contribution in [1.82, 2.24) is 4.57 Å². The summed E-state index contributed by atoms with van der Waals surface area (Å²) in [5.74, 6) is 0. The molecular weight excluding hydrogens is 669 g/mol. The molecule has 3 heteroatoms. The quantitative estimate of drug-likeness (QED) is 0.169. The Morgan fingerprint density at radius 3 is 1.85 bits per heavy atom. The van der Waals surface area contributed by atoms with Gasteiger partial charge in [0, 0.05) is 38.8 Å². The van der Waals surface area contributed by atoms with Crippen LogP contribution >= 0.6 is 0 Å². The van der Waals surface area contributed by atoms with E-state index in [1.165, 1.54) is 0 Å². The summed E-state index contributed by atoms with van der Waals surface area (Å²) in [6.07, 6.45) is 0. The van der Waals surface area contributed by atoms with E-state index in [1.807, 2.05) is 0 Å². The SMILES string of the molecule is [2H]c1c([2H])c([2H])c(N(c2c([2H])c([2H])c(-c3c([2H])c([2H])c4c([2H])c([2H])c([2H])c([2H])c4c3[2H])c([2H])c2[2H])c2c([2H])c([2H])c(-c3c([2H])c([2H])c([2H])c(-n4c5c([2H])c([2H])c([2H])c([2H])c5c5c([2H])c([2H])c([2H])c([2H])c54)c3[2H])c3oc4c([2H])c([2H])c([2H])c([2H])c4c23)c([2H])c1[2H]. The molecule has 0 spiro atoms. The summed E-state index contributed by atoms with van der Waals surface area (Å²) in [5.41, 5.74) is -11.4. The maximum Gasteiger partial charge on any atom is 0.145 e. The highest BCUT2D eigenvalue weighted by Crippen LogP contribution is 2.46. The van der Waals surface area contributed by atoms with Crippen molar-refractivity contribution in [2.24, 2.45) is 0 Å². The van der Waals surface area contributed by atoms with E-state index in [0.29, 0.717) is 9.47 Å². The Morgan fingerprint density at radius 2 is 1.07 bits per heavy atom. The number of hydrogen-bond donors (Lipinski definition) is 0. The number of para-hydroxylation sites is 4. The second-order valence-corrected chi connectivity index (χ2v) is 11.5. The van der Waals surface area contributed by atoms with Gasteiger partial charge in [0.2, 0.25) is 0 Å². The molecule has 2 heterocycles. The standard InChI is InChI=1S/C52H34N2O/c1-2-16-40(17-3-1)53(41-29-27-36(28-30-41)38-26-25-35-13-4-5-14-37(35)33-38)49-32-31-43(52-51(49)46-21-8-11-24-50(46)55-52)39-15-12-18-42(34-39)54-47-22-9-6-19-44(47)45-20-7-10-23-48(45)54/h1-34H/i1D,2D,3D,4D,5D,6D,7D,8D,9D,10D,11D,12D,13D,14D,15D,16D,17D,18D,19D,20D,21D,22D,23D,24D,25D,26D,27D,28D,29D,30D,31D,32D,33D,34D. The van der Waals surface area contributed by atoms with Crippen LogP contribution in [0.4, 0.5) is 17.1 Å². The molecule has 2 aromatic heterocycles. The molecule has 0 atom stereocenters. The molecule has 0 amide bonds. The smallest absolute Gasteiger partial charge is 0.145 e. The minimum atomic E-state index is -1.33. The van der Waals surface area contributed by atoms with Gasteiger partial charge in [-0.25, -0.2) is 0 Å². The Bertz CT molecular complexity index is 5070. The second-order valence-electron chi connectivity index (χ2n) is 11.5. The van der Waals surface area contributed by atoms with Crippen molar-refractivity contribution < 1.29 is 51.0 Å². The summed E-state index contributed by atoms with van der Waals surface area (Å²) < 4.78 is 315. The Kier molecular flexibility index (Phi) is 2.84. The normalized spacial score (nSPS) is 20.3. The number of furan rings is 1. The van der Waals surface area contributed by atoms with E-state index >= 15 is 0 Å². The molecule has 0 radical (unpaired) electrons. The molecule has 11 aromatic rings. The first kappa shape index (κ1) is 12.3. The Balaban J connectivity index is 1.35. The molecule has 0 fully saturated rings. The number of aromatic nitrogens is 1. The largest absolute Gasteiger partial charge is 0.455 e. The van der Waals surface area contributed by atoms with Gasteiger partial charge in [0.25, 0.3) is 0 Å². The molecule has 55 heavy (non-hydrogen) atoms. The number of benzene rings is 9. The number of fused-ring (bicyclic) bond motifs is 7. The van der Waals surface area contributed by atoms with E-state index in [9.17, 15) is 19.2 Å². The lowest BCUT2D eigenvalue weighted by atomic mass is 9.98. The van der Waals surface area contributed by atoms with Crippen molar-refractivity contribution in [2.45, 2.75) is 0 Å². The highest BCUT2D eigenvalue weighted by molar-refractivity contribution is 6.17. The topological polar surface area (TPSA) is 21.3 Å². The lowest BCUT2D eigenvalue weighted by Gasteiger charge is -2.27. The molecule has 0 saturated carbocycles. The van der Waals surface area contributed by atoms with E-state index in [2.05, 4.69) is 0 Å². The third-order valence-corrected chi connectivity index (χ3v) is 8.49. The predicted molar refractivity (Wildman–Crippen MR) is 231 cm³/mol. The zero-order chi connectivity index (χ0) is 65.9. The highest BCUT2D eigenvalue weighted by Gasteiger charge is 2.22. The number of anilines is 3. The molecule has 0 aliphatic rings. The van der Waals surface area contributed by atoms with Gasteiger partial charge in [0.05, 0.1) is 68.7 Å². The van der Waals surface area contributed by atoms with Crippen LogP contribution in [0.3, 0.4) is 0 Å². The van der Waals surface area contributed by atoms with Crippen molar-refractivity contribution >= 4 is 71.6 Å². The zero-order valence-corrected chi connectivity index (χ0v) is 27.3. The minimum absolute atomic E-state index is 0.360. The average molecular weight is 737 g/mol. The molecular formula is C52H34N2O. The molecule has 0 bridgehead atoms. The fraction of sp³-hybridized carbons (Fsp3) is 0. The number of rotatable bonds is 6. The summed E-state index contributed by atoms with van der Waals surface area (Å²) in [6, 6.07) is -35.7. The average Bonchev–Trinajstić information content (AvgIpc) is 1.67.